The molecule has 0 atom stereocenters. The number of benzene rings is 1. The topological polar surface area (TPSA) is 24.9 Å². The summed E-state index contributed by atoms with van der Waals surface area (Å²) in [5.74, 6) is 0.964. The molecule has 1 heterocycles. The lowest BCUT2D eigenvalue weighted by Gasteiger charge is -2.05. The van der Waals surface area contributed by atoms with E-state index in [0.29, 0.717) is 0 Å². The number of hydrogen-bond acceptors (Lipinski definition) is 4. The summed E-state index contributed by atoms with van der Waals surface area (Å²) in [6.07, 6.45) is 3.46. The minimum absolute atomic E-state index is 0.958. The molecular weight excluding hydrogens is 296 g/mol. The minimum atomic E-state index is 0.958. The molecule has 114 valence electrons. The Bertz CT molecular complexity index is 537. The van der Waals surface area contributed by atoms with Crippen molar-refractivity contribution < 1.29 is 0 Å². The maximum atomic E-state index is 4.68. The first-order valence-electron chi connectivity index (χ1n) is 7.67. The summed E-state index contributed by atoms with van der Waals surface area (Å²) in [7, 11) is 0. The third-order valence-corrected chi connectivity index (χ3v) is 5.09. The smallest absolute Gasteiger partial charge is 0.0928 e. The van der Waals surface area contributed by atoms with Gasteiger partial charge in [-0.2, -0.15) is 0 Å². The van der Waals surface area contributed by atoms with Crippen LogP contribution in [0.4, 0.5) is 0 Å². The van der Waals surface area contributed by atoms with Crippen LogP contribution in [0.15, 0.2) is 34.5 Å². The van der Waals surface area contributed by atoms with Crippen LogP contribution in [-0.4, -0.2) is 11.5 Å². The highest BCUT2D eigenvalue weighted by Crippen LogP contribution is 2.24. The molecule has 2 nitrogen and oxygen atoms in total. The second-order valence-electron chi connectivity index (χ2n) is 5.10. The zero-order valence-corrected chi connectivity index (χ0v) is 14.5. The van der Waals surface area contributed by atoms with E-state index in [0.717, 1.165) is 25.3 Å². The molecule has 2 aromatic rings. The molecule has 0 aliphatic heterocycles. The Labute approximate surface area is 136 Å². The van der Waals surface area contributed by atoms with Gasteiger partial charge in [-0.05, 0) is 43.5 Å². The SMILES string of the molecule is CCCNCc1cccc(SCc2csc(CCC)n2)c1. The summed E-state index contributed by atoms with van der Waals surface area (Å²) in [6.45, 7) is 6.43. The summed E-state index contributed by atoms with van der Waals surface area (Å²) in [5.41, 5.74) is 2.57. The minimum Gasteiger partial charge on any atom is -0.313 e. The second kappa shape index (κ2) is 9.23. The van der Waals surface area contributed by atoms with Crippen molar-refractivity contribution in [2.45, 2.75) is 50.3 Å². The fraction of sp³-hybridized carbons (Fsp3) is 0.471. The molecule has 0 amide bonds. The van der Waals surface area contributed by atoms with E-state index in [-0.39, 0.29) is 0 Å². The van der Waals surface area contributed by atoms with Crippen molar-refractivity contribution in [3.63, 3.8) is 0 Å². The molecule has 1 N–H and O–H groups in total. The first-order valence-corrected chi connectivity index (χ1v) is 9.54. The average Bonchev–Trinajstić information content (AvgIpc) is 2.94. The van der Waals surface area contributed by atoms with Gasteiger partial charge in [0.1, 0.15) is 0 Å². The van der Waals surface area contributed by atoms with Crippen molar-refractivity contribution in [1.29, 1.82) is 0 Å². The Morgan fingerprint density at radius 1 is 1.24 bits per heavy atom. The number of aryl methyl sites for hydroxylation is 1. The summed E-state index contributed by atoms with van der Waals surface area (Å²) in [6, 6.07) is 8.81. The van der Waals surface area contributed by atoms with Crippen molar-refractivity contribution in [3.8, 4) is 0 Å². The van der Waals surface area contributed by atoms with E-state index in [4.69, 9.17) is 0 Å². The molecule has 0 bridgehead atoms. The molecule has 1 aromatic carbocycles. The summed E-state index contributed by atoms with van der Waals surface area (Å²) >= 11 is 3.67. The normalized spacial score (nSPS) is 11.0. The van der Waals surface area contributed by atoms with Crippen LogP contribution in [0.2, 0.25) is 0 Å². The van der Waals surface area contributed by atoms with Gasteiger partial charge in [-0.1, -0.05) is 26.0 Å². The highest BCUT2D eigenvalue weighted by atomic mass is 32.2. The molecule has 0 aliphatic carbocycles. The van der Waals surface area contributed by atoms with E-state index in [1.165, 1.54) is 34.0 Å². The molecule has 0 aliphatic rings. The number of thioether (sulfide) groups is 1. The Morgan fingerprint density at radius 2 is 2.14 bits per heavy atom. The Hall–Kier alpha value is -0.840. The molecule has 4 heteroatoms. The van der Waals surface area contributed by atoms with E-state index < -0.39 is 0 Å². The lowest BCUT2D eigenvalue weighted by atomic mass is 10.2. The Balaban J connectivity index is 1.85. The van der Waals surface area contributed by atoms with Crippen molar-refractivity contribution in [2.75, 3.05) is 6.54 Å². The zero-order valence-electron chi connectivity index (χ0n) is 12.9. The molecular formula is C17H24N2S2. The van der Waals surface area contributed by atoms with Gasteiger partial charge in [-0.25, -0.2) is 4.98 Å². The van der Waals surface area contributed by atoms with Gasteiger partial charge in [0.05, 0.1) is 10.7 Å². The van der Waals surface area contributed by atoms with Gasteiger partial charge in [-0.3, -0.25) is 0 Å². The van der Waals surface area contributed by atoms with Crippen LogP contribution in [-0.2, 0) is 18.7 Å². The molecule has 2 rings (SSSR count). The third-order valence-electron chi connectivity index (χ3n) is 3.10. The predicted octanol–water partition coefficient (Wildman–Crippen LogP) is 4.89. The Kier molecular flexibility index (Phi) is 7.27. The van der Waals surface area contributed by atoms with E-state index in [1.54, 1.807) is 11.3 Å². The maximum Gasteiger partial charge on any atom is 0.0928 e. The van der Waals surface area contributed by atoms with Gasteiger partial charge in [0, 0.05) is 22.6 Å². The number of hydrogen-bond donors (Lipinski definition) is 1. The van der Waals surface area contributed by atoms with Crippen molar-refractivity contribution in [1.82, 2.24) is 10.3 Å². The van der Waals surface area contributed by atoms with Crippen molar-refractivity contribution >= 4 is 23.1 Å². The standard InChI is InChI=1S/C17H24N2S2/c1-3-6-17-19-15(13-21-17)12-20-16-8-5-7-14(10-16)11-18-9-4-2/h5,7-8,10,13,18H,3-4,6,9,11-12H2,1-2H3. The van der Waals surface area contributed by atoms with Gasteiger partial charge in [0.15, 0.2) is 0 Å². The van der Waals surface area contributed by atoms with Crippen LogP contribution in [0.5, 0.6) is 0 Å². The first kappa shape index (κ1) is 16.5. The number of rotatable bonds is 9. The Morgan fingerprint density at radius 3 is 2.95 bits per heavy atom. The molecule has 0 radical (unpaired) electrons. The lowest BCUT2D eigenvalue weighted by molar-refractivity contribution is 0.674. The summed E-state index contributed by atoms with van der Waals surface area (Å²) in [5, 5.41) is 6.92. The van der Waals surface area contributed by atoms with Crippen LogP contribution in [0.3, 0.4) is 0 Å². The number of thiazole rings is 1. The van der Waals surface area contributed by atoms with E-state index in [9.17, 15) is 0 Å². The number of nitrogens with one attached hydrogen (secondary N) is 1. The fourth-order valence-corrected chi connectivity index (χ4v) is 3.93. The molecule has 21 heavy (non-hydrogen) atoms. The van der Waals surface area contributed by atoms with Crippen LogP contribution < -0.4 is 5.32 Å². The summed E-state index contributed by atoms with van der Waals surface area (Å²) < 4.78 is 0. The van der Waals surface area contributed by atoms with E-state index >= 15 is 0 Å². The monoisotopic (exact) mass is 320 g/mol. The van der Waals surface area contributed by atoms with Gasteiger partial charge < -0.3 is 5.32 Å². The molecule has 0 spiro atoms. The molecule has 0 saturated heterocycles. The van der Waals surface area contributed by atoms with Gasteiger partial charge >= 0.3 is 0 Å². The number of aromatic nitrogens is 1. The summed E-state index contributed by atoms with van der Waals surface area (Å²) in [4.78, 5) is 6.01. The number of nitrogens with zero attached hydrogens (tertiary/aromatic N) is 1. The molecule has 1 aromatic heterocycles. The van der Waals surface area contributed by atoms with E-state index in [1.807, 2.05) is 11.8 Å². The van der Waals surface area contributed by atoms with Crippen LogP contribution in [0.25, 0.3) is 0 Å². The highest BCUT2D eigenvalue weighted by Gasteiger charge is 2.03. The molecule has 0 fully saturated rings. The highest BCUT2D eigenvalue weighted by molar-refractivity contribution is 7.98. The average molecular weight is 321 g/mol. The largest absolute Gasteiger partial charge is 0.313 e. The van der Waals surface area contributed by atoms with Gasteiger partial charge in [0.2, 0.25) is 0 Å². The van der Waals surface area contributed by atoms with Crippen LogP contribution in [0.1, 0.15) is 43.0 Å². The predicted molar refractivity (Wildman–Crippen MR) is 94.1 cm³/mol. The van der Waals surface area contributed by atoms with Gasteiger partial charge in [0.25, 0.3) is 0 Å². The maximum absolute atomic E-state index is 4.68. The molecule has 0 saturated carbocycles. The zero-order chi connectivity index (χ0) is 14.9. The third kappa shape index (κ3) is 5.81. The van der Waals surface area contributed by atoms with E-state index in [2.05, 4.69) is 53.8 Å². The van der Waals surface area contributed by atoms with Crippen LogP contribution in [0, 0.1) is 0 Å². The fourth-order valence-electron chi connectivity index (χ4n) is 2.06. The van der Waals surface area contributed by atoms with Crippen LogP contribution >= 0.6 is 23.1 Å². The molecule has 0 unspecified atom stereocenters. The quantitative estimate of drug-likeness (QED) is 0.526. The first-order chi connectivity index (χ1) is 10.3. The van der Waals surface area contributed by atoms with Gasteiger partial charge in [-0.15, -0.1) is 23.1 Å². The second-order valence-corrected chi connectivity index (χ2v) is 7.09. The lowest BCUT2D eigenvalue weighted by Crippen LogP contribution is -2.13. The van der Waals surface area contributed by atoms with Crippen molar-refractivity contribution in [3.05, 3.63) is 45.9 Å². The van der Waals surface area contributed by atoms with Crippen molar-refractivity contribution in [2.24, 2.45) is 0 Å².